The number of hydrogen-bond acceptors (Lipinski definition) is 9. The standard InChI is InChI=1S/C30H38N6O4S/c1-5-31-13-14-32-27(37)18-35(19-28(38)34(4)36-16-23-9-7-8-10-24(23)17-36)26-12-11-22(15-21(26)3)29-33-25(20-41-29)30(39)40-6-2/h7-12,15,20,31H,5-6,13-14,16-19H2,1-4H3,(H,32,37). The molecule has 2 N–H and O–H groups in total. The quantitative estimate of drug-likeness (QED) is 0.235. The van der Waals surface area contributed by atoms with Crippen molar-refractivity contribution in [2.24, 2.45) is 0 Å². The van der Waals surface area contributed by atoms with Gasteiger partial charge in [0.15, 0.2) is 5.69 Å². The van der Waals surface area contributed by atoms with Crippen molar-refractivity contribution in [3.8, 4) is 10.6 Å². The summed E-state index contributed by atoms with van der Waals surface area (Å²) in [7, 11) is 1.78. The van der Waals surface area contributed by atoms with Crippen LogP contribution >= 0.6 is 11.3 Å². The molecule has 0 radical (unpaired) electrons. The third-order valence-electron chi connectivity index (χ3n) is 6.92. The Labute approximate surface area is 245 Å². The zero-order chi connectivity index (χ0) is 29.4. The highest BCUT2D eigenvalue weighted by molar-refractivity contribution is 7.13. The fourth-order valence-corrected chi connectivity index (χ4v) is 5.51. The fraction of sp³-hybridized carbons (Fsp3) is 0.400. The van der Waals surface area contributed by atoms with Gasteiger partial charge in [0.25, 0.3) is 5.91 Å². The molecule has 2 amide bonds. The maximum absolute atomic E-state index is 13.5. The molecule has 3 aromatic rings. The first-order chi connectivity index (χ1) is 19.8. The molecule has 0 aliphatic carbocycles. The lowest BCUT2D eigenvalue weighted by atomic mass is 10.1. The van der Waals surface area contributed by atoms with Gasteiger partial charge >= 0.3 is 5.97 Å². The number of amides is 2. The van der Waals surface area contributed by atoms with Crippen LogP contribution in [0.1, 0.15) is 41.0 Å². The lowest BCUT2D eigenvalue weighted by molar-refractivity contribution is -0.145. The van der Waals surface area contributed by atoms with Gasteiger partial charge in [0, 0.05) is 49.9 Å². The van der Waals surface area contributed by atoms with Crippen molar-refractivity contribution in [2.75, 3.05) is 51.3 Å². The molecule has 0 bridgehead atoms. The largest absolute Gasteiger partial charge is 0.461 e. The van der Waals surface area contributed by atoms with Crippen molar-refractivity contribution >= 4 is 34.8 Å². The van der Waals surface area contributed by atoms with Crippen LogP contribution in [0, 0.1) is 6.92 Å². The third kappa shape index (κ3) is 7.69. The van der Waals surface area contributed by atoms with Crippen LogP contribution in [0.3, 0.4) is 0 Å². The molecule has 41 heavy (non-hydrogen) atoms. The molecule has 2 heterocycles. The van der Waals surface area contributed by atoms with Crippen LogP contribution in [0.15, 0.2) is 47.8 Å². The molecule has 1 aliphatic heterocycles. The van der Waals surface area contributed by atoms with E-state index in [4.69, 9.17) is 4.74 Å². The number of likely N-dealkylation sites (N-methyl/N-ethyl adjacent to an activating group) is 2. The number of rotatable bonds is 13. The minimum atomic E-state index is -0.446. The Balaban J connectivity index is 1.51. The Kier molecular flexibility index (Phi) is 10.4. The van der Waals surface area contributed by atoms with E-state index in [1.165, 1.54) is 22.5 Å². The van der Waals surface area contributed by atoms with Gasteiger partial charge in [-0.25, -0.2) is 14.8 Å². The molecule has 0 atom stereocenters. The number of hydrogen-bond donors (Lipinski definition) is 2. The monoisotopic (exact) mass is 578 g/mol. The molecule has 2 aromatic carbocycles. The normalized spacial score (nSPS) is 12.6. The first-order valence-corrected chi connectivity index (χ1v) is 14.7. The van der Waals surface area contributed by atoms with Crippen molar-refractivity contribution in [1.29, 1.82) is 0 Å². The molecule has 218 valence electrons. The Hall–Kier alpha value is -3.80. The minimum Gasteiger partial charge on any atom is -0.461 e. The number of hydrazine groups is 1. The van der Waals surface area contributed by atoms with E-state index >= 15 is 0 Å². The van der Waals surface area contributed by atoms with E-state index in [0.29, 0.717) is 31.2 Å². The van der Waals surface area contributed by atoms with Gasteiger partial charge in [-0.2, -0.15) is 0 Å². The van der Waals surface area contributed by atoms with Crippen LogP contribution in [-0.2, 0) is 27.4 Å². The molecular formula is C30H38N6O4S. The highest BCUT2D eigenvalue weighted by Crippen LogP contribution is 2.30. The highest BCUT2D eigenvalue weighted by atomic mass is 32.1. The Morgan fingerprint density at radius 2 is 1.78 bits per heavy atom. The van der Waals surface area contributed by atoms with Crippen molar-refractivity contribution in [3.05, 3.63) is 70.2 Å². The lowest BCUT2D eigenvalue weighted by Crippen LogP contribution is -2.48. The Morgan fingerprint density at radius 3 is 2.44 bits per heavy atom. The van der Waals surface area contributed by atoms with E-state index < -0.39 is 5.97 Å². The lowest BCUT2D eigenvalue weighted by Gasteiger charge is -2.32. The molecular weight excluding hydrogens is 540 g/mol. The summed E-state index contributed by atoms with van der Waals surface area (Å²) in [6, 6.07) is 14.0. The van der Waals surface area contributed by atoms with E-state index in [1.807, 2.05) is 54.1 Å². The van der Waals surface area contributed by atoms with Crippen LogP contribution < -0.4 is 15.5 Å². The second-order valence-corrected chi connectivity index (χ2v) is 10.7. The smallest absolute Gasteiger partial charge is 0.357 e. The summed E-state index contributed by atoms with van der Waals surface area (Å²) in [6.45, 7) is 9.42. The third-order valence-corrected chi connectivity index (χ3v) is 7.81. The number of esters is 1. The van der Waals surface area contributed by atoms with Crippen molar-refractivity contribution < 1.29 is 19.1 Å². The number of anilines is 1. The summed E-state index contributed by atoms with van der Waals surface area (Å²) in [5.41, 5.74) is 5.22. The minimum absolute atomic E-state index is 0.0361. The van der Waals surface area contributed by atoms with Gasteiger partial charge in [0.2, 0.25) is 5.91 Å². The molecule has 0 unspecified atom stereocenters. The maximum Gasteiger partial charge on any atom is 0.357 e. The predicted octanol–water partition coefficient (Wildman–Crippen LogP) is 3.22. The number of carbonyl (C=O) groups is 3. The van der Waals surface area contributed by atoms with Crippen LogP contribution in [0.4, 0.5) is 5.69 Å². The summed E-state index contributed by atoms with van der Waals surface area (Å²) < 4.78 is 5.06. The molecule has 0 saturated carbocycles. The van der Waals surface area contributed by atoms with Crippen LogP contribution in [0.25, 0.3) is 10.6 Å². The van der Waals surface area contributed by atoms with Crippen molar-refractivity contribution in [1.82, 2.24) is 25.6 Å². The molecule has 0 saturated heterocycles. The van der Waals surface area contributed by atoms with E-state index in [2.05, 4.69) is 27.8 Å². The fourth-order valence-electron chi connectivity index (χ4n) is 4.72. The zero-order valence-electron chi connectivity index (χ0n) is 24.1. The van der Waals surface area contributed by atoms with Crippen molar-refractivity contribution in [3.63, 3.8) is 0 Å². The Bertz CT molecular complexity index is 1350. The van der Waals surface area contributed by atoms with E-state index in [9.17, 15) is 14.4 Å². The summed E-state index contributed by atoms with van der Waals surface area (Å²) in [4.78, 5) is 44.7. The second kappa shape index (κ2) is 14.2. The number of nitrogens with one attached hydrogen (secondary N) is 2. The topological polar surface area (TPSA) is 107 Å². The van der Waals surface area contributed by atoms with Gasteiger partial charge in [-0.15, -0.1) is 11.3 Å². The predicted molar refractivity (Wildman–Crippen MR) is 160 cm³/mol. The maximum atomic E-state index is 13.5. The number of fused-ring (bicyclic) bond motifs is 1. The first kappa shape index (κ1) is 30.2. The van der Waals surface area contributed by atoms with Gasteiger partial charge in [-0.05, 0) is 55.3 Å². The number of aromatic nitrogens is 1. The summed E-state index contributed by atoms with van der Waals surface area (Å²) in [5.74, 6) is -0.714. The zero-order valence-corrected chi connectivity index (χ0v) is 24.9. The summed E-state index contributed by atoms with van der Waals surface area (Å²) in [5, 5.41) is 12.2. The van der Waals surface area contributed by atoms with Gasteiger partial charge in [0.1, 0.15) is 5.01 Å². The van der Waals surface area contributed by atoms with Gasteiger partial charge < -0.3 is 20.3 Å². The number of nitrogens with zero attached hydrogens (tertiary/aromatic N) is 4. The van der Waals surface area contributed by atoms with E-state index in [1.54, 1.807) is 24.4 Å². The SMILES string of the molecule is CCNCCNC(=O)CN(CC(=O)N(C)N1Cc2ccccc2C1)c1ccc(-c2nc(C(=O)OCC)cs2)cc1C. The van der Waals surface area contributed by atoms with Gasteiger partial charge in [0.05, 0.1) is 19.7 Å². The summed E-state index contributed by atoms with van der Waals surface area (Å²) >= 11 is 1.37. The average molecular weight is 579 g/mol. The molecule has 0 fully saturated rings. The number of carbonyl (C=O) groups excluding carboxylic acids is 3. The molecule has 4 rings (SSSR count). The van der Waals surface area contributed by atoms with Crippen LogP contribution in [-0.4, -0.2) is 79.2 Å². The molecule has 11 heteroatoms. The van der Waals surface area contributed by atoms with E-state index in [0.717, 1.165) is 23.4 Å². The number of benzene rings is 2. The number of ether oxygens (including phenoxy) is 1. The molecule has 1 aliphatic rings. The number of thiazole rings is 1. The Morgan fingerprint density at radius 1 is 1.05 bits per heavy atom. The van der Waals surface area contributed by atoms with Crippen LogP contribution in [0.2, 0.25) is 0 Å². The van der Waals surface area contributed by atoms with E-state index in [-0.39, 0.29) is 37.2 Å². The molecule has 1 aromatic heterocycles. The van der Waals surface area contributed by atoms with Gasteiger partial charge in [-0.1, -0.05) is 31.2 Å². The number of aryl methyl sites for hydroxylation is 1. The first-order valence-electron chi connectivity index (χ1n) is 13.8. The van der Waals surface area contributed by atoms with Crippen molar-refractivity contribution in [2.45, 2.75) is 33.9 Å². The van der Waals surface area contributed by atoms with Gasteiger partial charge in [-0.3, -0.25) is 14.6 Å². The second-order valence-electron chi connectivity index (χ2n) is 9.83. The van der Waals surface area contributed by atoms with Crippen LogP contribution in [0.5, 0.6) is 0 Å². The summed E-state index contributed by atoms with van der Waals surface area (Å²) in [6.07, 6.45) is 0. The highest BCUT2D eigenvalue weighted by Gasteiger charge is 2.27. The average Bonchev–Trinajstić information content (AvgIpc) is 3.63. The molecule has 0 spiro atoms. The molecule has 10 nitrogen and oxygen atoms in total.